The average molecular weight is 185 g/mol. The summed E-state index contributed by atoms with van der Waals surface area (Å²) in [5, 5.41) is 3.27. The maximum Gasteiger partial charge on any atom is 0.202 e. The molecule has 0 spiro atoms. The Kier molecular flexibility index (Phi) is 4.00. The van der Waals surface area contributed by atoms with Crippen LogP contribution in [0.15, 0.2) is 12.4 Å². The Bertz CT molecular complexity index is 222. The van der Waals surface area contributed by atoms with Gasteiger partial charge in [-0.3, -0.25) is 0 Å². The van der Waals surface area contributed by atoms with Crippen LogP contribution in [0.25, 0.3) is 0 Å². The van der Waals surface area contributed by atoms with E-state index in [4.69, 9.17) is 0 Å². The first kappa shape index (κ1) is 9.45. The van der Waals surface area contributed by atoms with Gasteiger partial charge in [-0.2, -0.15) is 11.8 Å². The molecular weight excluding hydrogens is 170 g/mol. The van der Waals surface area contributed by atoms with Crippen molar-refractivity contribution in [2.24, 2.45) is 7.05 Å². The molecule has 0 saturated heterocycles. The molecule has 12 heavy (non-hydrogen) atoms. The lowest BCUT2D eigenvalue weighted by molar-refractivity contribution is 0.884. The van der Waals surface area contributed by atoms with E-state index >= 15 is 0 Å². The van der Waals surface area contributed by atoms with Gasteiger partial charge in [0.1, 0.15) is 0 Å². The maximum atomic E-state index is 4.16. The molecule has 1 heterocycles. The van der Waals surface area contributed by atoms with Crippen molar-refractivity contribution in [1.82, 2.24) is 9.55 Å². The molecule has 0 saturated carbocycles. The van der Waals surface area contributed by atoms with Gasteiger partial charge in [-0.1, -0.05) is 0 Å². The molecule has 0 unspecified atom stereocenters. The van der Waals surface area contributed by atoms with Crippen molar-refractivity contribution in [2.45, 2.75) is 6.42 Å². The topological polar surface area (TPSA) is 29.9 Å². The molecule has 0 aliphatic carbocycles. The number of thioether (sulfide) groups is 1. The first-order valence-corrected chi connectivity index (χ1v) is 5.44. The van der Waals surface area contributed by atoms with E-state index in [1.807, 2.05) is 29.6 Å². The van der Waals surface area contributed by atoms with E-state index in [2.05, 4.69) is 16.6 Å². The molecule has 0 bridgehead atoms. The monoisotopic (exact) mass is 185 g/mol. The number of hydrogen-bond acceptors (Lipinski definition) is 3. The largest absolute Gasteiger partial charge is 0.356 e. The minimum atomic E-state index is 0.955. The zero-order valence-corrected chi connectivity index (χ0v) is 8.40. The predicted octanol–water partition coefficient (Wildman–Crippen LogP) is 1.59. The lowest BCUT2D eigenvalue weighted by Crippen LogP contribution is -2.06. The Hall–Kier alpha value is -0.640. The highest BCUT2D eigenvalue weighted by molar-refractivity contribution is 7.98. The van der Waals surface area contributed by atoms with Crippen molar-refractivity contribution >= 4 is 17.7 Å². The van der Waals surface area contributed by atoms with Crippen LogP contribution in [0.2, 0.25) is 0 Å². The Labute approximate surface area is 77.6 Å². The summed E-state index contributed by atoms with van der Waals surface area (Å²) in [5.41, 5.74) is 0. The van der Waals surface area contributed by atoms with Crippen LogP contribution in [0.5, 0.6) is 0 Å². The molecule has 68 valence electrons. The summed E-state index contributed by atoms with van der Waals surface area (Å²) in [5.74, 6) is 2.16. The van der Waals surface area contributed by atoms with Gasteiger partial charge in [-0.05, 0) is 18.4 Å². The molecule has 1 rings (SSSR count). The molecule has 0 aliphatic heterocycles. The van der Waals surface area contributed by atoms with E-state index in [0.717, 1.165) is 12.5 Å². The van der Waals surface area contributed by atoms with Crippen LogP contribution in [-0.4, -0.2) is 28.1 Å². The maximum absolute atomic E-state index is 4.16. The number of imidazole rings is 1. The molecule has 0 aliphatic rings. The van der Waals surface area contributed by atoms with Gasteiger partial charge in [0, 0.05) is 26.0 Å². The van der Waals surface area contributed by atoms with Crippen LogP contribution < -0.4 is 5.32 Å². The molecule has 4 heteroatoms. The third kappa shape index (κ3) is 2.77. The molecule has 3 nitrogen and oxygen atoms in total. The second-order valence-corrected chi connectivity index (χ2v) is 3.62. The van der Waals surface area contributed by atoms with Crippen molar-refractivity contribution in [3.8, 4) is 0 Å². The number of nitrogens with one attached hydrogen (secondary N) is 1. The minimum Gasteiger partial charge on any atom is -0.356 e. The Morgan fingerprint density at radius 2 is 2.50 bits per heavy atom. The summed E-state index contributed by atoms with van der Waals surface area (Å²) >= 11 is 1.88. The third-order valence-corrected chi connectivity index (χ3v) is 2.33. The highest BCUT2D eigenvalue weighted by Gasteiger charge is 1.95. The number of aryl methyl sites for hydroxylation is 1. The van der Waals surface area contributed by atoms with E-state index in [0.29, 0.717) is 0 Å². The van der Waals surface area contributed by atoms with E-state index in [9.17, 15) is 0 Å². The second kappa shape index (κ2) is 5.09. The summed E-state index contributed by atoms with van der Waals surface area (Å²) in [6.45, 7) is 1.01. The predicted molar refractivity (Wildman–Crippen MR) is 54.7 cm³/mol. The van der Waals surface area contributed by atoms with Gasteiger partial charge >= 0.3 is 0 Å². The van der Waals surface area contributed by atoms with Gasteiger partial charge in [-0.25, -0.2) is 4.98 Å². The van der Waals surface area contributed by atoms with Gasteiger partial charge < -0.3 is 9.88 Å². The zero-order chi connectivity index (χ0) is 8.81. The summed E-state index contributed by atoms with van der Waals surface area (Å²) in [6, 6.07) is 0. The number of anilines is 1. The van der Waals surface area contributed by atoms with Crippen LogP contribution in [0.1, 0.15) is 6.42 Å². The molecule has 0 amide bonds. The molecule has 0 atom stereocenters. The van der Waals surface area contributed by atoms with Crippen molar-refractivity contribution in [3.63, 3.8) is 0 Å². The lowest BCUT2D eigenvalue weighted by atomic mass is 10.5. The van der Waals surface area contributed by atoms with Crippen LogP contribution in [-0.2, 0) is 7.05 Å². The van der Waals surface area contributed by atoms with Crippen LogP contribution in [0.3, 0.4) is 0 Å². The van der Waals surface area contributed by atoms with Crippen molar-refractivity contribution in [1.29, 1.82) is 0 Å². The van der Waals surface area contributed by atoms with Gasteiger partial charge in [0.15, 0.2) is 0 Å². The van der Waals surface area contributed by atoms with E-state index in [1.54, 1.807) is 6.20 Å². The van der Waals surface area contributed by atoms with Crippen molar-refractivity contribution in [2.75, 3.05) is 23.9 Å². The Morgan fingerprint density at radius 3 is 3.08 bits per heavy atom. The fourth-order valence-corrected chi connectivity index (χ4v) is 1.39. The van der Waals surface area contributed by atoms with E-state index in [1.165, 1.54) is 12.2 Å². The normalized spacial score (nSPS) is 10.2. The fraction of sp³-hybridized carbons (Fsp3) is 0.625. The number of aromatic nitrogens is 2. The van der Waals surface area contributed by atoms with Crippen LogP contribution in [0, 0.1) is 0 Å². The van der Waals surface area contributed by atoms with Crippen molar-refractivity contribution < 1.29 is 0 Å². The van der Waals surface area contributed by atoms with Gasteiger partial charge in [0.25, 0.3) is 0 Å². The van der Waals surface area contributed by atoms with Gasteiger partial charge in [0.2, 0.25) is 5.95 Å². The summed E-state index contributed by atoms with van der Waals surface area (Å²) in [7, 11) is 1.99. The third-order valence-electron chi connectivity index (χ3n) is 1.63. The minimum absolute atomic E-state index is 0.955. The van der Waals surface area contributed by atoms with Gasteiger partial charge in [0.05, 0.1) is 0 Å². The highest BCUT2D eigenvalue weighted by Crippen LogP contribution is 2.01. The lowest BCUT2D eigenvalue weighted by Gasteiger charge is -2.04. The summed E-state index contributed by atoms with van der Waals surface area (Å²) in [4.78, 5) is 4.16. The number of rotatable bonds is 5. The molecular formula is C8H15N3S. The second-order valence-electron chi connectivity index (χ2n) is 2.63. The number of hydrogen-bond donors (Lipinski definition) is 1. The van der Waals surface area contributed by atoms with E-state index < -0.39 is 0 Å². The fourth-order valence-electron chi connectivity index (χ4n) is 0.953. The molecule has 1 aromatic rings. The smallest absolute Gasteiger partial charge is 0.202 e. The molecule has 1 aromatic heterocycles. The molecule has 0 aromatic carbocycles. The standard InChI is InChI=1S/C8H15N3S/c1-11-6-5-10-8(11)9-4-3-7-12-2/h5-6H,3-4,7H2,1-2H3,(H,9,10). The molecule has 0 fully saturated rings. The quantitative estimate of drug-likeness (QED) is 0.706. The summed E-state index contributed by atoms with van der Waals surface area (Å²) in [6.07, 6.45) is 7.06. The first-order valence-electron chi connectivity index (χ1n) is 4.04. The Balaban J connectivity index is 2.20. The van der Waals surface area contributed by atoms with Crippen LogP contribution in [0.4, 0.5) is 5.95 Å². The molecule has 0 radical (unpaired) electrons. The first-order chi connectivity index (χ1) is 5.84. The summed E-state index contributed by atoms with van der Waals surface area (Å²) < 4.78 is 1.99. The van der Waals surface area contributed by atoms with Crippen molar-refractivity contribution in [3.05, 3.63) is 12.4 Å². The SMILES string of the molecule is CSCCCNc1nccn1C. The highest BCUT2D eigenvalue weighted by atomic mass is 32.2. The van der Waals surface area contributed by atoms with Gasteiger partial charge in [-0.15, -0.1) is 0 Å². The Morgan fingerprint density at radius 1 is 1.67 bits per heavy atom. The number of nitrogens with zero attached hydrogens (tertiary/aromatic N) is 2. The van der Waals surface area contributed by atoms with E-state index in [-0.39, 0.29) is 0 Å². The van der Waals surface area contributed by atoms with Crippen LogP contribution >= 0.6 is 11.8 Å². The molecule has 1 N–H and O–H groups in total. The zero-order valence-electron chi connectivity index (χ0n) is 7.58. The average Bonchev–Trinajstić information content (AvgIpc) is 2.46.